The van der Waals surface area contributed by atoms with Crippen LogP contribution in [-0.2, 0) is 0 Å². The Bertz CT molecular complexity index is 434. The summed E-state index contributed by atoms with van der Waals surface area (Å²) in [4.78, 5) is 17.2. The monoisotopic (exact) mass is 248 g/mol. The number of carbonyl (C=O) groups is 1. The van der Waals surface area contributed by atoms with Crippen molar-refractivity contribution in [2.24, 2.45) is 5.92 Å². The minimum Gasteiger partial charge on any atom is -0.476 e. The van der Waals surface area contributed by atoms with E-state index in [-0.39, 0.29) is 5.69 Å². The van der Waals surface area contributed by atoms with E-state index in [4.69, 9.17) is 0 Å². The van der Waals surface area contributed by atoms with Crippen molar-refractivity contribution < 1.29 is 9.90 Å². The molecule has 0 saturated heterocycles. The molecule has 0 amide bonds. The number of rotatable bonds is 3. The Morgan fingerprint density at radius 1 is 1.50 bits per heavy atom. The van der Waals surface area contributed by atoms with Crippen molar-refractivity contribution in [2.45, 2.75) is 38.6 Å². The first kappa shape index (κ1) is 12.9. The quantitative estimate of drug-likeness (QED) is 0.893. The number of carboxylic acids is 1. The molecule has 98 valence electrons. The second-order valence-corrected chi connectivity index (χ2v) is 5.21. The summed E-state index contributed by atoms with van der Waals surface area (Å²) in [7, 11) is 1.98. The molecule has 0 spiro atoms. The van der Waals surface area contributed by atoms with E-state index in [1.54, 1.807) is 6.07 Å². The lowest BCUT2D eigenvalue weighted by Gasteiger charge is -2.35. The third-order valence-corrected chi connectivity index (χ3v) is 3.83. The summed E-state index contributed by atoms with van der Waals surface area (Å²) in [5.41, 5.74) is 0.877. The molecular weight excluding hydrogens is 228 g/mol. The molecule has 4 heteroatoms. The molecule has 1 aromatic heterocycles. The van der Waals surface area contributed by atoms with Gasteiger partial charge in [-0.2, -0.15) is 0 Å². The van der Waals surface area contributed by atoms with Gasteiger partial charge in [-0.25, -0.2) is 9.78 Å². The zero-order chi connectivity index (χ0) is 13.1. The maximum absolute atomic E-state index is 11.2. The number of pyridine rings is 1. The van der Waals surface area contributed by atoms with Crippen molar-refractivity contribution in [1.29, 1.82) is 0 Å². The van der Waals surface area contributed by atoms with E-state index in [1.165, 1.54) is 19.0 Å². The normalized spacial score (nSPS) is 23.7. The molecule has 0 aliphatic heterocycles. The van der Waals surface area contributed by atoms with Gasteiger partial charge in [-0.3, -0.25) is 0 Å². The number of aromatic carboxylic acids is 1. The van der Waals surface area contributed by atoms with Gasteiger partial charge in [0.15, 0.2) is 5.69 Å². The van der Waals surface area contributed by atoms with Crippen LogP contribution in [0.4, 0.5) is 5.69 Å². The highest BCUT2D eigenvalue weighted by atomic mass is 16.4. The Balaban J connectivity index is 2.22. The third-order valence-electron chi connectivity index (χ3n) is 3.83. The second-order valence-electron chi connectivity index (χ2n) is 5.21. The Kier molecular flexibility index (Phi) is 3.84. The van der Waals surface area contributed by atoms with Crippen LogP contribution in [0, 0.1) is 5.92 Å². The number of anilines is 1. The zero-order valence-corrected chi connectivity index (χ0v) is 11.0. The number of hydrogen-bond donors (Lipinski definition) is 1. The highest BCUT2D eigenvalue weighted by molar-refractivity contribution is 5.92. The van der Waals surface area contributed by atoms with Crippen molar-refractivity contribution in [3.63, 3.8) is 0 Å². The highest BCUT2D eigenvalue weighted by Gasteiger charge is 2.25. The summed E-state index contributed by atoms with van der Waals surface area (Å²) in [6.07, 6.45) is 6.30. The fourth-order valence-electron chi connectivity index (χ4n) is 2.80. The van der Waals surface area contributed by atoms with Crippen LogP contribution in [0.2, 0.25) is 0 Å². The molecule has 2 rings (SSSR count). The molecule has 0 radical (unpaired) electrons. The second kappa shape index (κ2) is 5.38. The van der Waals surface area contributed by atoms with E-state index in [0.717, 1.165) is 24.4 Å². The highest BCUT2D eigenvalue weighted by Crippen LogP contribution is 2.30. The SMILES string of the molecule is CC1CCCC(N(C)c2cccnc2C(=O)O)C1. The summed E-state index contributed by atoms with van der Waals surface area (Å²) in [5.74, 6) is -0.238. The maximum atomic E-state index is 11.2. The summed E-state index contributed by atoms with van der Waals surface area (Å²) in [6, 6.07) is 4.07. The van der Waals surface area contributed by atoms with Gasteiger partial charge in [0.2, 0.25) is 0 Å². The molecule has 0 aromatic carbocycles. The molecule has 4 nitrogen and oxygen atoms in total. The van der Waals surface area contributed by atoms with Gasteiger partial charge in [0.1, 0.15) is 0 Å². The molecule has 2 unspecified atom stereocenters. The minimum absolute atomic E-state index is 0.151. The predicted molar refractivity (Wildman–Crippen MR) is 71.0 cm³/mol. The zero-order valence-electron chi connectivity index (χ0n) is 11.0. The predicted octanol–water partition coefficient (Wildman–Crippen LogP) is 2.79. The van der Waals surface area contributed by atoms with Crippen LogP contribution in [0.3, 0.4) is 0 Å². The van der Waals surface area contributed by atoms with Gasteiger partial charge in [0.25, 0.3) is 0 Å². The van der Waals surface area contributed by atoms with E-state index in [9.17, 15) is 9.90 Å². The largest absolute Gasteiger partial charge is 0.476 e. The van der Waals surface area contributed by atoms with Crippen LogP contribution in [-0.4, -0.2) is 29.1 Å². The van der Waals surface area contributed by atoms with Crippen molar-refractivity contribution in [3.05, 3.63) is 24.0 Å². The van der Waals surface area contributed by atoms with E-state index < -0.39 is 5.97 Å². The van der Waals surface area contributed by atoms with Gasteiger partial charge >= 0.3 is 5.97 Å². The molecule has 0 bridgehead atoms. The summed E-state index contributed by atoms with van der Waals surface area (Å²) >= 11 is 0. The van der Waals surface area contributed by atoms with Gasteiger partial charge in [-0.1, -0.05) is 19.8 Å². The van der Waals surface area contributed by atoms with Gasteiger partial charge in [0.05, 0.1) is 5.69 Å². The summed E-state index contributed by atoms with van der Waals surface area (Å²) in [5, 5.41) is 9.18. The number of aromatic nitrogens is 1. The standard InChI is InChI=1S/C14H20N2O2/c1-10-5-3-6-11(9-10)16(2)12-7-4-8-15-13(12)14(17)18/h4,7-8,10-11H,3,5-6,9H2,1-2H3,(H,17,18). The Hall–Kier alpha value is -1.58. The molecule has 1 aromatic rings. The molecule has 1 heterocycles. The van der Waals surface area contributed by atoms with Gasteiger partial charge in [-0.05, 0) is 30.9 Å². The third kappa shape index (κ3) is 2.63. The van der Waals surface area contributed by atoms with E-state index >= 15 is 0 Å². The van der Waals surface area contributed by atoms with E-state index in [2.05, 4.69) is 16.8 Å². The smallest absolute Gasteiger partial charge is 0.356 e. The summed E-state index contributed by atoms with van der Waals surface area (Å²) in [6.45, 7) is 2.27. The van der Waals surface area contributed by atoms with Gasteiger partial charge < -0.3 is 10.0 Å². The molecule has 1 N–H and O–H groups in total. The summed E-state index contributed by atoms with van der Waals surface area (Å²) < 4.78 is 0. The van der Waals surface area contributed by atoms with Crippen molar-refractivity contribution in [1.82, 2.24) is 4.98 Å². The number of nitrogens with zero attached hydrogens (tertiary/aromatic N) is 2. The lowest BCUT2D eigenvalue weighted by Crippen LogP contribution is -2.36. The van der Waals surface area contributed by atoms with E-state index in [0.29, 0.717) is 6.04 Å². The number of carboxylic acid groups (broad SMARTS) is 1. The lowest BCUT2D eigenvalue weighted by atomic mass is 9.86. The van der Waals surface area contributed by atoms with Crippen LogP contribution < -0.4 is 4.90 Å². The van der Waals surface area contributed by atoms with Crippen LogP contribution in [0.25, 0.3) is 0 Å². The first-order chi connectivity index (χ1) is 8.59. The van der Waals surface area contributed by atoms with Gasteiger partial charge in [0, 0.05) is 19.3 Å². The Morgan fingerprint density at radius 2 is 2.28 bits per heavy atom. The van der Waals surface area contributed by atoms with Crippen LogP contribution in [0.1, 0.15) is 43.1 Å². The van der Waals surface area contributed by atoms with Crippen molar-refractivity contribution in [2.75, 3.05) is 11.9 Å². The first-order valence-corrected chi connectivity index (χ1v) is 6.50. The van der Waals surface area contributed by atoms with Crippen LogP contribution >= 0.6 is 0 Å². The first-order valence-electron chi connectivity index (χ1n) is 6.50. The molecule has 18 heavy (non-hydrogen) atoms. The molecule has 1 saturated carbocycles. The molecule has 1 aliphatic rings. The van der Waals surface area contributed by atoms with E-state index in [1.807, 2.05) is 13.1 Å². The minimum atomic E-state index is -0.957. The fourth-order valence-corrected chi connectivity index (χ4v) is 2.80. The van der Waals surface area contributed by atoms with Crippen molar-refractivity contribution >= 4 is 11.7 Å². The fraction of sp³-hybridized carbons (Fsp3) is 0.571. The molecule has 1 fully saturated rings. The Morgan fingerprint density at radius 3 is 2.94 bits per heavy atom. The molecular formula is C14H20N2O2. The molecule has 1 aliphatic carbocycles. The molecule has 2 atom stereocenters. The lowest BCUT2D eigenvalue weighted by molar-refractivity contribution is 0.0691. The van der Waals surface area contributed by atoms with Crippen LogP contribution in [0.5, 0.6) is 0 Å². The average molecular weight is 248 g/mol. The van der Waals surface area contributed by atoms with Crippen molar-refractivity contribution in [3.8, 4) is 0 Å². The average Bonchev–Trinajstić information content (AvgIpc) is 2.38. The number of hydrogen-bond acceptors (Lipinski definition) is 3. The van der Waals surface area contributed by atoms with Crippen LogP contribution in [0.15, 0.2) is 18.3 Å². The van der Waals surface area contributed by atoms with Gasteiger partial charge in [-0.15, -0.1) is 0 Å². The Labute approximate surface area is 108 Å². The topological polar surface area (TPSA) is 53.4 Å². The maximum Gasteiger partial charge on any atom is 0.356 e.